The summed E-state index contributed by atoms with van der Waals surface area (Å²) < 4.78 is 43.6. The van der Waals surface area contributed by atoms with Crippen LogP contribution in [-0.4, -0.2) is 13.7 Å². The van der Waals surface area contributed by atoms with Crippen LogP contribution in [-0.2, 0) is 6.18 Å². The maximum absolute atomic E-state index is 12.6. The number of hydrogen-bond acceptors (Lipinski definition) is 2. The third-order valence-corrected chi connectivity index (χ3v) is 4.31. The van der Waals surface area contributed by atoms with Crippen LogP contribution in [0.15, 0.2) is 42.5 Å². The molecule has 1 atom stereocenters. The summed E-state index contributed by atoms with van der Waals surface area (Å²) in [5, 5.41) is 0. The van der Waals surface area contributed by atoms with Gasteiger partial charge in [0, 0.05) is 24.5 Å². The monoisotopic (exact) mass is 321 g/mol. The van der Waals surface area contributed by atoms with Crippen molar-refractivity contribution in [3.05, 3.63) is 53.6 Å². The lowest BCUT2D eigenvalue weighted by Gasteiger charge is -2.26. The zero-order valence-electron chi connectivity index (χ0n) is 13.0. The second kappa shape index (κ2) is 5.80. The molecule has 0 radical (unpaired) electrons. The average Bonchev–Trinajstić information content (AvgIpc) is 2.53. The van der Waals surface area contributed by atoms with Crippen molar-refractivity contribution in [2.24, 2.45) is 0 Å². The fourth-order valence-corrected chi connectivity index (χ4v) is 2.79. The third-order valence-electron chi connectivity index (χ3n) is 4.31. The highest BCUT2D eigenvalue weighted by atomic mass is 19.4. The first kappa shape index (κ1) is 15.7. The molecule has 0 saturated heterocycles. The summed E-state index contributed by atoms with van der Waals surface area (Å²) in [4.78, 5) is 1.85. The molecule has 122 valence electrons. The fraction of sp³-hybridized carbons (Fsp3) is 0.333. The molecule has 0 aromatic heterocycles. The van der Waals surface area contributed by atoms with Crippen molar-refractivity contribution >= 4 is 11.4 Å². The lowest BCUT2D eigenvalue weighted by Crippen LogP contribution is -2.14. The molecule has 1 heterocycles. The first-order chi connectivity index (χ1) is 10.9. The molecule has 2 nitrogen and oxygen atoms in total. The van der Waals surface area contributed by atoms with Gasteiger partial charge in [-0.05, 0) is 48.2 Å². The minimum Gasteiger partial charge on any atom is -0.493 e. The summed E-state index contributed by atoms with van der Waals surface area (Å²) in [7, 11) is 1.83. The number of anilines is 2. The number of alkyl halides is 3. The van der Waals surface area contributed by atoms with E-state index in [-0.39, 0.29) is 0 Å². The Morgan fingerprint density at radius 3 is 2.35 bits per heavy atom. The van der Waals surface area contributed by atoms with Gasteiger partial charge >= 0.3 is 6.18 Å². The molecule has 0 saturated carbocycles. The Morgan fingerprint density at radius 1 is 1.04 bits per heavy atom. The van der Waals surface area contributed by atoms with Gasteiger partial charge < -0.3 is 9.64 Å². The first-order valence-electron chi connectivity index (χ1n) is 7.54. The van der Waals surface area contributed by atoms with Gasteiger partial charge in [-0.1, -0.05) is 13.0 Å². The van der Waals surface area contributed by atoms with Crippen LogP contribution in [0.5, 0.6) is 5.75 Å². The molecule has 1 aliphatic rings. The Bertz CT molecular complexity index is 694. The van der Waals surface area contributed by atoms with E-state index in [2.05, 4.69) is 6.92 Å². The van der Waals surface area contributed by atoms with Crippen molar-refractivity contribution < 1.29 is 17.9 Å². The minimum atomic E-state index is -4.31. The van der Waals surface area contributed by atoms with Crippen LogP contribution >= 0.6 is 0 Å². The topological polar surface area (TPSA) is 12.5 Å². The summed E-state index contributed by atoms with van der Waals surface area (Å²) in [5.74, 6) is 1.32. The van der Waals surface area contributed by atoms with E-state index in [1.54, 1.807) is 0 Å². The van der Waals surface area contributed by atoms with E-state index >= 15 is 0 Å². The molecule has 0 fully saturated rings. The number of ether oxygens (including phenoxy) is 1. The predicted molar refractivity (Wildman–Crippen MR) is 84.5 cm³/mol. The zero-order chi connectivity index (χ0) is 16.6. The van der Waals surface area contributed by atoms with Gasteiger partial charge in [0.2, 0.25) is 0 Å². The van der Waals surface area contributed by atoms with E-state index in [1.807, 2.05) is 30.1 Å². The summed E-state index contributed by atoms with van der Waals surface area (Å²) >= 11 is 0. The maximum atomic E-state index is 12.6. The van der Waals surface area contributed by atoms with Crippen molar-refractivity contribution in [1.29, 1.82) is 0 Å². The number of halogens is 3. The molecule has 2 aromatic rings. The van der Waals surface area contributed by atoms with Gasteiger partial charge in [0.15, 0.2) is 0 Å². The highest BCUT2D eigenvalue weighted by Crippen LogP contribution is 2.37. The van der Waals surface area contributed by atoms with Gasteiger partial charge in [-0.15, -0.1) is 0 Å². The van der Waals surface area contributed by atoms with Gasteiger partial charge in [-0.2, -0.15) is 13.2 Å². The van der Waals surface area contributed by atoms with Crippen LogP contribution in [0.1, 0.15) is 30.4 Å². The van der Waals surface area contributed by atoms with Crippen molar-refractivity contribution in [3.63, 3.8) is 0 Å². The van der Waals surface area contributed by atoms with E-state index in [9.17, 15) is 13.2 Å². The Labute approximate surface area is 133 Å². The SMILES string of the molecule is C[C@@H]1CCOc2cc(N(C)c3ccc(C(F)(F)F)cc3)ccc21. The van der Waals surface area contributed by atoms with Crippen molar-refractivity contribution in [2.75, 3.05) is 18.6 Å². The van der Waals surface area contributed by atoms with Crippen molar-refractivity contribution in [1.82, 2.24) is 0 Å². The molecule has 3 rings (SSSR count). The minimum absolute atomic E-state index is 0.462. The lowest BCUT2D eigenvalue weighted by atomic mass is 9.95. The number of hydrogen-bond donors (Lipinski definition) is 0. The fourth-order valence-electron chi connectivity index (χ4n) is 2.79. The number of benzene rings is 2. The van der Waals surface area contributed by atoms with Crippen LogP contribution < -0.4 is 9.64 Å². The normalized spacial score (nSPS) is 17.3. The highest BCUT2D eigenvalue weighted by molar-refractivity contribution is 5.65. The smallest absolute Gasteiger partial charge is 0.416 e. The second-order valence-electron chi connectivity index (χ2n) is 5.86. The number of nitrogens with zero attached hydrogens (tertiary/aromatic N) is 1. The van der Waals surface area contributed by atoms with E-state index in [4.69, 9.17) is 4.74 Å². The van der Waals surface area contributed by atoms with E-state index in [0.717, 1.165) is 30.0 Å². The molecule has 23 heavy (non-hydrogen) atoms. The standard InChI is InChI=1S/C18H18F3NO/c1-12-9-10-23-17-11-15(7-8-16(12)17)22(2)14-5-3-13(4-6-14)18(19,20)21/h3-8,11-12H,9-10H2,1-2H3/t12-/m1/s1. The summed E-state index contributed by atoms with van der Waals surface area (Å²) in [6, 6.07) is 11.1. The molecule has 0 bridgehead atoms. The summed E-state index contributed by atoms with van der Waals surface area (Å²) in [6.07, 6.45) is -3.31. The van der Waals surface area contributed by atoms with Gasteiger partial charge in [0.1, 0.15) is 5.75 Å². The Kier molecular flexibility index (Phi) is 3.96. The molecule has 0 amide bonds. The highest BCUT2D eigenvalue weighted by Gasteiger charge is 2.30. The summed E-state index contributed by atoms with van der Waals surface area (Å²) in [5.41, 5.74) is 2.12. The van der Waals surface area contributed by atoms with Gasteiger partial charge in [0.05, 0.1) is 12.2 Å². The Balaban J connectivity index is 1.87. The van der Waals surface area contributed by atoms with Crippen LogP contribution in [0.2, 0.25) is 0 Å². The van der Waals surface area contributed by atoms with Crippen LogP contribution in [0.3, 0.4) is 0 Å². The first-order valence-corrected chi connectivity index (χ1v) is 7.54. The second-order valence-corrected chi connectivity index (χ2v) is 5.86. The van der Waals surface area contributed by atoms with Crippen LogP contribution in [0.25, 0.3) is 0 Å². The van der Waals surface area contributed by atoms with E-state index < -0.39 is 11.7 Å². The predicted octanol–water partition coefficient (Wildman–Crippen LogP) is 5.36. The quantitative estimate of drug-likeness (QED) is 0.738. The summed E-state index contributed by atoms with van der Waals surface area (Å²) in [6.45, 7) is 2.86. The molecule has 5 heteroatoms. The van der Waals surface area contributed by atoms with E-state index in [0.29, 0.717) is 18.2 Å². The molecule has 0 spiro atoms. The maximum Gasteiger partial charge on any atom is 0.416 e. The third kappa shape index (κ3) is 3.14. The van der Waals surface area contributed by atoms with Crippen molar-refractivity contribution in [2.45, 2.75) is 25.4 Å². The average molecular weight is 321 g/mol. The van der Waals surface area contributed by atoms with Crippen LogP contribution in [0, 0.1) is 0 Å². The van der Waals surface area contributed by atoms with Gasteiger partial charge in [-0.3, -0.25) is 0 Å². The molecule has 1 aliphatic heterocycles. The van der Waals surface area contributed by atoms with Crippen LogP contribution in [0.4, 0.5) is 24.5 Å². The largest absolute Gasteiger partial charge is 0.493 e. The molecule has 0 unspecified atom stereocenters. The number of fused-ring (bicyclic) bond motifs is 1. The van der Waals surface area contributed by atoms with E-state index in [1.165, 1.54) is 17.7 Å². The van der Waals surface area contributed by atoms with Gasteiger partial charge in [-0.25, -0.2) is 0 Å². The zero-order valence-corrected chi connectivity index (χ0v) is 13.0. The van der Waals surface area contributed by atoms with Gasteiger partial charge in [0.25, 0.3) is 0 Å². The molecule has 0 aliphatic carbocycles. The van der Waals surface area contributed by atoms with Crippen molar-refractivity contribution in [3.8, 4) is 5.75 Å². The number of rotatable bonds is 2. The Hall–Kier alpha value is -2.17. The molecular weight excluding hydrogens is 303 g/mol. The molecular formula is C18H18F3NO. The lowest BCUT2D eigenvalue weighted by molar-refractivity contribution is -0.137. The molecule has 0 N–H and O–H groups in total. The Morgan fingerprint density at radius 2 is 1.70 bits per heavy atom. The molecule has 2 aromatic carbocycles.